The summed E-state index contributed by atoms with van der Waals surface area (Å²) in [4.78, 5) is 15.0. The lowest BCUT2D eigenvalue weighted by atomic mass is 9.78. The molecule has 3 unspecified atom stereocenters. The predicted octanol–water partition coefficient (Wildman–Crippen LogP) is 2.52. The summed E-state index contributed by atoms with van der Waals surface area (Å²) in [5.74, 6) is 0.643. The van der Waals surface area contributed by atoms with Gasteiger partial charge in [0.1, 0.15) is 0 Å². The van der Waals surface area contributed by atoms with Crippen molar-refractivity contribution in [3.05, 3.63) is 35.4 Å². The summed E-state index contributed by atoms with van der Waals surface area (Å²) in [6.07, 6.45) is 4.69. The third-order valence-electron chi connectivity index (χ3n) is 5.68. The molecular weight excluding hydrogens is 296 g/mol. The minimum atomic E-state index is 0. The van der Waals surface area contributed by atoms with Crippen molar-refractivity contribution in [3.63, 3.8) is 0 Å². The van der Waals surface area contributed by atoms with Crippen LogP contribution in [0.1, 0.15) is 37.3 Å². The molecule has 3 nitrogen and oxygen atoms in total. The standard InChI is InChI=1S/C18H24N2O.ClH/c1-13-12-20(10-9-19-13)17(21)16-11-18(16)8-4-6-14-5-2-3-7-15(14)18;/h2-3,5,7,13,16,19H,4,6,8-12H2,1H3;1H. The molecule has 1 saturated carbocycles. The molecule has 1 amide bonds. The Morgan fingerprint density at radius 2 is 2.18 bits per heavy atom. The van der Waals surface area contributed by atoms with E-state index < -0.39 is 0 Å². The minimum Gasteiger partial charge on any atom is -0.340 e. The van der Waals surface area contributed by atoms with Crippen molar-refractivity contribution in [2.45, 2.75) is 44.1 Å². The molecule has 1 saturated heterocycles. The highest BCUT2D eigenvalue weighted by Crippen LogP contribution is 2.60. The van der Waals surface area contributed by atoms with Crippen molar-refractivity contribution in [2.24, 2.45) is 5.92 Å². The Bertz CT molecular complexity index is 576. The molecule has 1 aromatic carbocycles. The molecule has 2 fully saturated rings. The fourth-order valence-corrected chi connectivity index (χ4v) is 4.51. The summed E-state index contributed by atoms with van der Waals surface area (Å²) >= 11 is 0. The Balaban J connectivity index is 0.00000144. The average molecular weight is 321 g/mol. The maximum absolute atomic E-state index is 12.9. The molecular formula is C18H25ClN2O. The maximum Gasteiger partial charge on any atom is 0.226 e. The van der Waals surface area contributed by atoms with E-state index in [1.54, 1.807) is 0 Å². The molecule has 4 heteroatoms. The van der Waals surface area contributed by atoms with Crippen LogP contribution in [0.25, 0.3) is 0 Å². The van der Waals surface area contributed by atoms with Gasteiger partial charge in [-0.25, -0.2) is 0 Å². The van der Waals surface area contributed by atoms with Crippen LogP contribution in [0.3, 0.4) is 0 Å². The largest absolute Gasteiger partial charge is 0.340 e. The fraction of sp³-hybridized carbons (Fsp3) is 0.611. The molecule has 4 rings (SSSR count). The Hall–Kier alpha value is -1.06. The van der Waals surface area contributed by atoms with Crippen LogP contribution >= 0.6 is 12.4 Å². The highest BCUT2D eigenvalue weighted by molar-refractivity contribution is 5.85. The number of amides is 1. The Morgan fingerprint density at radius 1 is 1.36 bits per heavy atom. The second-order valence-corrected chi connectivity index (χ2v) is 7.06. The summed E-state index contributed by atoms with van der Waals surface area (Å²) in [7, 11) is 0. The monoisotopic (exact) mass is 320 g/mol. The Morgan fingerprint density at radius 3 is 3.00 bits per heavy atom. The van der Waals surface area contributed by atoms with E-state index in [-0.39, 0.29) is 23.7 Å². The number of nitrogens with one attached hydrogen (secondary N) is 1. The molecule has 3 atom stereocenters. The maximum atomic E-state index is 12.9. The lowest BCUT2D eigenvalue weighted by Crippen LogP contribution is -2.52. The number of hydrogen-bond donors (Lipinski definition) is 1. The van der Waals surface area contributed by atoms with Crippen LogP contribution in [-0.2, 0) is 16.6 Å². The lowest BCUT2D eigenvalue weighted by molar-refractivity contribution is -0.134. The number of rotatable bonds is 1. The number of benzene rings is 1. The van der Waals surface area contributed by atoms with E-state index in [0.29, 0.717) is 11.9 Å². The number of carbonyl (C=O) groups is 1. The predicted molar refractivity (Wildman–Crippen MR) is 90.5 cm³/mol. The average Bonchev–Trinajstić information content (AvgIpc) is 3.22. The first-order valence-corrected chi connectivity index (χ1v) is 8.31. The fourth-order valence-electron chi connectivity index (χ4n) is 4.51. The molecule has 1 aromatic rings. The van der Waals surface area contributed by atoms with Gasteiger partial charge in [-0.15, -0.1) is 12.4 Å². The van der Waals surface area contributed by atoms with Crippen LogP contribution in [0.15, 0.2) is 24.3 Å². The van der Waals surface area contributed by atoms with Gasteiger partial charge in [-0.3, -0.25) is 4.79 Å². The summed E-state index contributed by atoms with van der Waals surface area (Å²) in [5, 5.41) is 3.42. The van der Waals surface area contributed by atoms with Gasteiger partial charge in [0.25, 0.3) is 0 Å². The Labute approximate surface area is 138 Å². The van der Waals surface area contributed by atoms with E-state index >= 15 is 0 Å². The molecule has 0 bridgehead atoms. The van der Waals surface area contributed by atoms with E-state index in [0.717, 1.165) is 26.1 Å². The van der Waals surface area contributed by atoms with Gasteiger partial charge in [-0.1, -0.05) is 24.3 Å². The van der Waals surface area contributed by atoms with Crippen molar-refractivity contribution in [3.8, 4) is 0 Å². The number of piperazine rings is 1. The smallest absolute Gasteiger partial charge is 0.226 e. The van der Waals surface area contributed by atoms with Gasteiger partial charge < -0.3 is 10.2 Å². The first kappa shape index (κ1) is 15.8. The van der Waals surface area contributed by atoms with Crippen molar-refractivity contribution in [1.82, 2.24) is 10.2 Å². The first-order chi connectivity index (χ1) is 10.2. The number of hydrogen-bond acceptors (Lipinski definition) is 2. The van der Waals surface area contributed by atoms with Crippen molar-refractivity contribution in [1.29, 1.82) is 0 Å². The van der Waals surface area contributed by atoms with Gasteiger partial charge in [0, 0.05) is 37.0 Å². The van der Waals surface area contributed by atoms with E-state index in [4.69, 9.17) is 0 Å². The normalized spacial score (nSPS) is 33.0. The van der Waals surface area contributed by atoms with Crippen LogP contribution in [0.4, 0.5) is 0 Å². The van der Waals surface area contributed by atoms with Crippen molar-refractivity contribution < 1.29 is 4.79 Å². The van der Waals surface area contributed by atoms with E-state index in [2.05, 4.69) is 41.4 Å². The molecule has 1 aliphatic heterocycles. The zero-order chi connectivity index (χ0) is 14.4. The zero-order valence-corrected chi connectivity index (χ0v) is 14.0. The summed E-state index contributed by atoms with van der Waals surface area (Å²) in [6.45, 7) is 4.84. The second-order valence-electron chi connectivity index (χ2n) is 7.06. The quantitative estimate of drug-likeness (QED) is 0.862. The van der Waals surface area contributed by atoms with Crippen molar-refractivity contribution in [2.75, 3.05) is 19.6 Å². The van der Waals surface area contributed by atoms with Crippen LogP contribution in [0, 0.1) is 5.92 Å². The molecule has 120 valence electrons. The van der Waals surface area contributed by atoms with Gasteiger partial charge in [0.2, 0.25) is 5.91 Å². The number of halogens is 1. The van der Waals surface area contributed by atoms with Gasteiger partial charge in [0.15, 0.2) is 0 Å². The molecule has 3 aliphatic rings. The Kier molecular flexibility index (Phi) is 4.21. The van der Waals surface area contributed by atoms with Gasteiger partial charge in [-0.05, 0) is 43.7 Å². The number of fused-ring (bicyclic) bond motifs is 2. The molecule has 1 heterocycles. The lowest BCUT2D eigenvalue weighted by Gasteiger charge is -2.33. The first-order valence-electron chi connectivity index (χ1n) is 8.31. The number of nitrogens with zero attached hydrogens (tertiary/aromatic N) is 1. The van der Waals surface area contributed by atoms with E-state index in [1.807, 2.05) is 0 Å². The zero-order valence-electron chi connectivity index (χ0n) is 13.2. The van der Waals surface area contributed by atoms with Gasteiger partial charge in [0.05, 0.1) is 0 Å². The van der Waals surface area contributed by atoms with Crippen molar-refractivity contribution >= 4 is 18.3 Å². The van der Waals surface area contributed by atoms with Crippen LogP contribution in [0.5, 0.6) is 0 Å². The van der Waals surface area contributed by atoms with E-state index in [9.17, 15) is 4.79 Å². The van der Waals surface area contributed by atoms with Crippen LogP contribution in [-0.4, -0.2) is 36.5 Å². The molecule has 1 spiro atoms. The second kappa shape index (κ2) is 5.86. The third kappa shape index (κ3) is 2.44. The van der Waals surface area contributed by atoms with Gasteiger partial charge >= 0.3 is 0 Å². The topological polar surface area (TPSA) is 32.3 Å². The molecule has 1 N–H and O–H groups in total. The number of aryl methyl sites for hydroxylation is 1. The third-order valence-corrected chi connectivity index (χ3v) is 5.68. The summed E-state index contributed by atoms with van der Waals surface area (Å²) < 4.78 is 0. The number of carbonyl (C=O) groups excluding carboxylic acids is 1. The highest BCUT2D eigenvalue weighted by atomic mass is 35.5. The van der Waals surface area contributed by atoms with Crippen LogP contribution < -0.4 is 5.32 Å². The molecule has 2 aliphatic carbocycles. The molecule has 0 radical (unpaired) electrons. The molecule has 0 aromatic heterocycles. The van der Waals surface area contributed by atoms with E-state index in [1.165, 1.54) is 30.4 Å². The van der Waals surface area contributed by atoms with Crippen LogP contribution in [0.2, 0.25) is 0 Å². The highest BCUT2D eigenvalue weighted by Gasteiger charge is 2.60. The summed E-state index contributed by atoms with van der Waals surface area (Å²) in [6, 6.07) is 9.22. The van der Waals surface area contributed by atoms with Gasteiger partial charge in [-0.2, -0.15) is 0 Å². The molecule has 22 heavy (non-hydrogen) atoms. The minimum absolute atomic E-state index is 0. The SMILES string of the molecule is CC1CN(C(=O)C2CC23CCCc2ccccc23)CCN1.Cl. The summed E-state index contributed by atoms with van der Waals surface area (Å²) in [5.41, 5.74) is 3.13.